The van der Waals surface area contributed by atoms with Crippen LogP contribution in [0.2, 0.25) is 0 Å². The third kappa shape index (κ3) is 3.32. The molecule has 0 saturated heterocycles. The van der Waals surface area contributed by atoms with E-state index in [2.05, 4.69) is 23.2 Å². The molecule has 1 aromatic carbocycles. The average molecular weight is 274 g/mol. The van der Waals surface area contributed by atoms with E-state index in [0.29, 0.717) is 10.8 Å². The summed E-state index contributed by atoms with van der Waals surface area (Å²) < 4.78 is 0. The topological polar surface area (TPSA) is 56.0 Å². The average Bonchev–Trinajstić information content (AvgIpc) is 2.40. The maximum atomic E-state index is 10.9. The molecule has 0 aliphatic rings. The van der Waals surface area contributed by atoms with E-state index < -0.39 is 4.92 Å². The maximum Gasteiger partial charge on any atom is 0.301 e. The van der Waals surface area contributed by atoms with Gasteiger partial charge in [0.25, 0.3) is 0 Å². The van der Waals surface area contributed by atoms with Crippen LogP contribution in [0.1, 0.15) is 16.7 Å². The molecule has 0 aliphatic carbocycles. The van der Waals surface area contributed by atoms with Crippen LogP contribution in [-0.4, -0.2) is 9.91 Å². The van der Waals surface area contributed by atoms with Crippen molar-refractivity contribution < 1.29 is 4.92 Å². The lowest BCUT2D eigenvalue weighted by atomic mass is 10.1. The first kappa shape index (κ1) is 13.5. The molecule has 4 nitrogen and oxygen atoms in total. The van der Waals surface area contributed by atoms with Gasteiger partial charge in [-0.1, -0.05) is 35.5 Å². The standard InChI is InChI=1S/C14H14N2O2S/c1-10-5-6-11(2)12(8-10)9-19-14-13(16(17)18)4-3-7-15-14/h3-8H,9H2,1-2H3. The molecular formula is C14H14N2O2S. The van der Waals surface area contributed by atoms with Gasteiger partial charge in [-0.2, -0.15) is 0 Å². The van der Waals surface area contributed by atoms with E-state index in [1.165, 1.54) is 34.5 Å². The third-order valence-electron chi connectivity index (χ3n) is 2.82. The Morgan fingerprint density at radius 2 is 2.11 bits per heavy atom. The lowest BCUT2D eigenvalue weighted by molar-refractivity contribution is -0.388. The zero-order valence-corrected chi connectivity index (χ0v) is 11.6. The van der Waals surface area contributed by atoms with Gasteiger partial charge in [-0.25, -0.2) is 4.98 Å². The molecule has 0 N–H and O–H groups in total. The first-order valence-corrected chi connectivity index (χ1v) is 6.85. The molecule has 2 rings (SSSR count). The van der Waals surface area contributed by atoms with Crippen LogP contribution in [0.25, 0.3) is 0 Å². The summed E-state index contributed by atoms with van der Waals surface area (Å²) in [5.74, 6) is 0.686. The van der Waals surface area contributed by atoms with Gasteiger partial charge in [0.15, 0.2) is 5.03 Å². The molecule has 5 heteroatoms. The van der Waals surface area contributed by atoms with Crippen LogP contribution >= 0.6 is 11.8 Å². The van der Waals surface area contributed by atoms with Crippen molar-refractivity contribution in [3.05, 3.63) is 63.3 Å². The predicted molar refractivity (Wildman–Crippen MR) is 76.4 cm³/mol. The second-order valence-corrected chi connectivity index (χ2v) is 5.27. The number of aromatic nitrogens is 1. The molecule has 0 unspecified atom stereocenters. The van der Waals surface area contributed by atoms with Gasteiger partial charge in [0.1, 0.15) is 0 Å². The van der Waals surface area contributed by atoms with Crippen molar-refractivity contribution in [1.82, 2.24) is 4.98 Å². The Balaban J connectivity index is 2.19. The number of hydrogen-bond donors (Lipinski definition) is 0. The van der Waals surface area contributed by atoms with Gasteiger partial charge >= 0.3 is 5.69 Å². The van der Waals surface area contributed by atoms with Crippen LogP contribution in [-0.2, 0) is 5.75 Å². The highest BCUT2D eigenvalue weighted by molar-refractivity contribution is 7.98. The molecule has 98 valence electrons. The number of hydrogen-bond acceptors (Lipinski definition) is 4. The van der Waals surface area contributed by atoms with Crippen LogP contribution in [0.4, 0.5) is 5.69 Å². The van der Waals surface area contributed by atoms with Crippen LogP contribution < -0.4 is 0 Å². The van der Waals surface area contributed by atoms with Crippen molar-refractivity contribution in [3.8, 4) is 0 Å². The highest BCUT2D eigenvalue weighted by Crippen LogP contribution is 2.30. The fraction of sp³-hybridized carbons (Fsp3) is 0.214. The summed E-state index contributed by atoms with van der Waals surface area (Å²) in [5.41, 5.74) is 3.64. The number of pyridine rings is 1. The Hall–Kier alpha value is -1.88. The number of rotatable bonds is 4. The highest BCUT2D eigenvalue weighted by Gasteiger charge is 2.14. The van der Waals surface area contributed by atoms with Gasteiger partial charge in [0, 0.05) is 18.0 Å². The number of thioether (sulfide) groups is 1. The Kier molecular flexibility index (Phi) is 4.16. The van der Waals surface area contributed by atoms with E-state index in [4.69, 9.17) is 0 Å². The lowest BCUT2D eigenvalue weighted by Gasteiger charge is -2.06. The third-order valence-corrected chi connectivity index (χ3v) is 3.86. The molecule has 0 radical (unpaired) electrons. The van der Waals surface area contributed by atoms with Gasteiger partial charge in [-0.3, -0.25) is 10.1 Å². The number of aryl methyl sites for hydroxylation is 2. The normalized spacial score (nSPS) is 10.4. The molecule has 0 atom stereocenters. The molecule has 0 saturated carbocycles. The maximum absolute atomic E-state index is 10.9. The Morgan fingerprint density at radius 1 is 1.32 bits per heavy atom. The minimum Gasteiger partial charge on any atom is -0.258 e. The van der Waals surface area contributed by atoms with Crippen molar-refractivity contribution in [2.24, 2.45) is 0 Å². The van der Waals surface area contributed by atoms with Crippen molar-refractivity contribution in [2.45, 2.75) is 24.6 Å². The first-order valence-electron chi connectivity index (χ1n) is 5.86. The molecule has 0 amide bonds. The van der Waals surface area contributed by atoms with Crippen molar-refractivity contribution in [1.29, 1.82) is 0 Å². The lowest BCUT2D eigenvalue weighted by Crippen LogP contribution is -1.94. The molecule has 0 fully saturated rings. The summed E-state index contributed by atoms with van der Waals surface area (Å²) >= 11 is 1.40. The van der Waals surface area contributed by atoms with E-state index in [1.54, 1.807) is 12.3 Å². The number of benzene rings is 1. The van der Waals surface area contributed by atoms with Gasteiger partial charge in [-0.15, -0.1) is 0 Å². The smallest absolute Gasteiger partial charge is 0.258 e. The summed E-state index contributed by atoms with van der Waals surface area (Å²) in [4.78, 5) is 14.6. The van der Waals surface area contributed by atoms with E-state index >= 15 is 0 Å². The summed E-state index contributed by atoms with van der Waals surface area (Å²) in [6.45, 7) is 4.08. The molecule has 1 aromatic heterocycles. The Morgan fingerprint density at radius 3 is 2.84 bits per heavy atom. The fourth-order valence-electron chi connectivity index (χ4n) is 1.73. The zero-order valence-electron chi connectivity index (χ0n) is 10.8. The second kappa shape index (κ2) is 5.84. The monoisotopic (exact) mass is 274 g/mol. The van der Waals surface area contributed by atoms with Crippen molar-refractivity contribution >= 4 is 17.4 Å². The van der Waals surface area contributed by atoms with Gasteiger partial charge in [-0.05, 0) is 31.0 Å². The van der Waals surface area contributed by atoms with E-state index in [0.717, 1.165) is 0 Å². The summed E-state index contributed by atoms with van der Waals surface area (Å²) in [7, 11) is 0. The largest absolute Gasteiger partial charge is 0.301 e. The van der Waals surface area contributed by atoms with Crippen LogP contribution in [0.15, 0.2) is 41.6 Å². The SMILES string of the molecule is Cc1ccc(C)c(CSc2ncccc2[N+](=O)[O-])c1. The minimum absolute atomic E-state index is 0.0674. The molecule has 19 heavy (non-hydrogen) atoms. The van der Waals surface area contributed by atoms with Gasteiger partial charge in [0.05, 0.1) is 4.92 Å². The molecule has 1 heterocycles. The quantitative estimate of drug-likeness (QED) is 0.482. The van der Waals surface area contributed by atoms with E-state index in [1.807, 2.05) is 13.8 Å². The molecule has 0 aliphatic heterocycles. The summed E-state index contributed by atoms with van der Waals surface area (Å²) in [6, 6.07) is 9.31. The predicted octanol–water partition coefficient (Wildman–Crippen LogP) is 3.90. The molecular weight excluding hydrogens is 260 g/mol. The van der Waals surface area contributed by atoms with E-state index in [-0.39, 0.29) is 5.69 Å². The highest BCUT2D eigenvalue weighted by atomic mass is 32.2. The second-order valence-electron chi connectivity index (χ2n) is 4.30. The van der Waals surface area contributed by atoms with Crippen LogP contribution in [0.5, 0.6) is 0 Å². The number of nitrogens with zero attached hydrogens (tertiary/aromatic N) is 2. The zero-order chi connectivity index (χ0) is 13.8. The van der Waals surface area contributed by atoms with Gasteiger partial charge in [0.2, 0.25) is 0 Å². The van der Waals surface area contributed by atoms with Gasteiger partial charge < -0.3 is 0 Å². The van der Waals surface area contributed by atoms with Crippen molar-refractivity contribution in [3.63, 3.8) is 0 Å². The number of nitro groups is 1. The molecule has 0 bridgehead atoms. The Bertz CT molecular complexity index is 614. The Labute approximate surface area is 116 Å². The first-order chi connectivity index (χ1) is 9.08. The summed E-state index contributed by atoms with van der Waals surface area (Å²) in [5, 5.41) is 11.4. The fourth-order valence-corrected chi connectivity index (χ4v) is 2.76. The minimum atomic E-state index is -0.390. The van der Waals surface area contributed by atoms with Crippen molar-refractivity contribution in [2.75, 3.05) is 0 Å². The molecule has 2 aromatic rings. The molecule has 0 spiro atoms. The van der Waals surface area contributed by atoms with Crippen LogP contribution in [0, 0.1) is 24.0 Å². The van der Waals surface area contributed by atoms with E-state index in [9.17, 15) is 10.1 Å². The van der Waals surface area contributed by atoms with Crippen LogP contribution in [0.3, 0.4) is 0 Å². The summed E-state index contributed by atoms with van der Waals surface area (Å²) in [6.07, 6.45) is 1.58.